The van der Waals surface area contributed by atoms with Crippen LogP contribution in [0.3, 0.4) is 0 Å². The number of hydrogen-bond donors (Lipinski definition) is 0. The first kappa shape index (κ1) is 17.7. The third-order valence-corrected chi connectivity index (χ3v) is 3.72. The summed E-state index contributed by atoms with van der Waals surface area (Å²) < 4.78 is 29.3. The number of fused-ring (bicyclic) bond motifs is 1. The van der Waals surface area contributed by atoms with Crippen molar-refractivity contribution in [2.24, 2.45) is 0 Å². The van der Waals surface area contributed by atoms with Crippen LogP contribution in [0.5, 0.6) is 11.5 Å². The number of ether oxygens (including phenoxy) is 3. The SMILES string of the molecule is CCOC(=O)[C@H](C)Oc1ccc2c(c1)OC(=Cc1cccc(F)c1)C2=O. The topological polar surface area (TPSA) is 61.8 Å². The second-order valence-corrected chi connectivity index (χ2v) is 5.66. The Morgan fingerprint density at radius 1 is 1.27 bits per heavy atom. The Morgan fingerprint density at radius 2 is 2.08 bits per heavy atom. The van der Waals surface area contributed by atoms with Crippen LogP contribution in [0.1, 0.15) is 29.8 Å². The molecule has 0 radical (unpaired) electrons. The third kappa shape index (κ3) is 3.74. The summed E-state index contributed by atoms with van der Waals surface area (Å²) >= 11 is 0. The number of ketones is 1. The Hall–Kier alpha value is -3.15. The number of esters is 1. The minimum absolute atomic E-state index is 0.0983. The number of rotatable bonds is 5. The van der Waals surface area contributed by atoms with Crippen molar-refractivity contribution in [2.75, 3.05) is 6.61 Å². The van der Waals surface area contributed by atoms with Crippen molar-refractivity contribution in [3.05, 3.63) is 65.2 Å². The van der Waals surface area contributed by atoms with Gasteiger partial charge < -0.3 is 14.2 Å². The van der Waals surface area contributed by atoms with E-state index in [0.29, 0.717) is 22.6 Å². The predicted molar refractivity (Wildman–Crippen MR) is 92.5 cm³/mol. The molecule has 0 N–H and O–H groups in total. The van der Waals surface area contributed by atoms with Gasteiger partial charge in [0, 0.05) is 6.07 Å². The van der Waals surface area contributed by atoms with Gasteiger partial charge in [0.1, 0.15) is 17.3 Å². The maximum Gasteiger partial charge on any atom is 0.347 e. The fourth-order valence-corrected chi connectivity index (χ4v) is 2.50. The molecule has 1 aliphatic heterocycles. The summed E-state index contributed by atoms with van der Waals surface area (Å²) in [6.07, 6.45) is 0.695. The summed E-state index contributed by atoms with van der Waals surface area (Å²) in [6.45, 7) is 3.56. The molecule has 26 heavy (non-hydrogen) atoms. The lowest BCUT2D eigenvalue weighted by Crippen LogP contribution is -2.26. The molecule has 0 aromatic heterocycles. The minimum atomic E-state index is -0.785. The lowest BCUT2D eigenvalue weighted by molar-refractivity contribution is -0.150. The van der Waals surface area contributed by atoms with Gasteiger partial charge in [-0.1, -0.05) is 12.1 Å². The molecular formula is C20H17FO5. The number of hydrogen-bond acceptors (Lipinski definition) is 5. The van der Waals surface area contributed by atoms with Gasteiger partial charge in [-0.25, -0.2) is 9.18 Å². The molecule has 1 aliphatic rings. The van der Waals surface area contributed by atoms with Crippen molar-refractivity contribution < 1.29 is 28.2 Å². The highest BCUT2D eigenvalue weighted by Crippen LogP contribution is 2.35. The van der Waals surface area contributed by atoms with Crippen LogP contribution in [0.4, 0.5) is 4.39 Å². The first-order chi connectivity index (χ1) is 12.5. The average molecular weight is 356 g/mol. The van der Waals surface area contributed by atoms with Crippen LogP contribution in [0.25, 0.3) is 6.08 Å². The van der Waals surface area contributed by atoms with E-state index in [1.165, 1.54) is 24.3 Å². The van der Waals surface area contributed by atoms with E-state index in [4.69, 9.17) is 14.2 Å². The van der Waals surface area contributed by atoms with Gasteiger partial charge in [-0.15, -0.1) is 0 Å². The van der Waals surface area contributed by atoms with E-state index in [1.807, 2.05) is 0 Å². The molecule has 0 aliphatic carbocycles. The first-order valence-electron chi connectivity index (χ1n) is 8.15. The van der Waals surface area contributed by atoms with Crippen molar-refractivity contribution in [3.8, 4) is 11.5 Å². The normalized spacial score (nSPS) is 15.3. The fourth-order valence-electron chi connectivity index (χ4n) is 2.50. The number of allylic oxidation sites excluding steroid dienone is 1. The zero-order valence-corrected chi connectivity index (χ0v) is 14.3. The predicted octanol–water partition coefficient (Wildman–Crippen LogP) is 3.77. The van der Waals surface area contributed by atoms with E-state index in [2.05, 4.69) is 0 Å². The van der Waals surface area contributed by atoms with Gasteiger partial charge in [0.25, 0.3) is 0 Å². The van der Waals surface area contributed by atoms with Crippen LogP contribution in [0.15, 0.2) is 48.2 Å². The summed E-state index contributed by atoms with van der Waals surface area (Å²) in [5, 5.41) is 0. The molecule has 2 aromatic carbocycles. The molecular weight excluding hydrogens is 339 g/mol. The van der Waals surface area contributed by atoms with Crippen LogP contribution in [-0.2, 0) is 9.53 Å². The average Bonchev–Trinajstić information content (AvgIpc) is 2.90. The number of Topliss-reactive ketones (excluding diaryl/α,β-unsaturated/α-hetero) is 1. The highest BCUT2D eigenvalue weighted by Gasteiger charge is 2.28. The zero-order valence-electron chi connectivity index (χ0n) is 14.3. The fraction of sp³-hybridized carbons (Fsp3) is 0.200. The van der Waals surface area contributed by atoms with Crippen molar-refractivity contribution in [3.63, 3.8) is 0 Å². The largest absolute Gasteiger partial charge is 0.479 e. The molecule has 3 rings (SSSR count). The van der Waals surface area contributed by atoms with Crippen molar-refractivity contribution in [1.29, 1.82) is 0 Å². The molecule has 0 unspecified atom stereocenters. The molecule has 0 saturated heterocycles. The summed E-state index contributed by atoms with van der Waals surface area (Å²) in [4.78, 5) is 24.1. The van der Waals surface area contributed by atoms with Crippen LogP contribution >= 0.6 is 0 Å². The van der Waals surface area contributed by atoms with E-state index in [9.17, 15) is 14.0 Å². The number of carbonyl (C=O) groups excluding carboxylic acids is 2. The quantitative estimate of drug-likeness (QED) is 0.603. The van der Waals surface area contributed by atoms with Crippen LogP contribution in [0, 0.1) is 5.82 Å². The summed E-state index contributed by atoms with van der Waals surface area (Å²) in [5.41, 5.74) is 0.900. The Labute approximate surface area is 150 Å². The molecule has 0 amide bonds. The van der Waals surface area contributed by atoms with Crippen molar-refractivity contribution >= 4 is 17.8 Å². The number of carbonyl (C=O) groups is 2. The summed E-state index contributed by atoms with van der Waals surface area (Å²) in [5.74, 6) is -0.367. The van der Waals surface area contributed by atoms with Gasteiger partial charge in [0.2, 0.25) is 5.78 Å². The molecule has 1 heterocycles. The lowest BCUT2D eigenvalue weighted by atomic mass is 10.1. The number of halogens is 1. The molecule has 0 bridgehead atoms. The Bertz CT molecular complexity index is 888. The standard InChI is InChI=1S/C20H17FO5/c1-3-24-20(23)12(2)25-15-7-8-16-17(11-15)26-18(19(16)22)10-13-5-4-6-14(21)9-13/h4-12H,3H2,1-2H3/t12-/m0/s1. The molecule has 1 atom stereocenters. The van der Waals surface area contributed by atoms with Gasteiger partial charge in [0.05, 0.1) is 12.2 Å². The smallest absolute Gasteiger partial charge is 0.347 e. The second-order valence-electron chi connectivity index (χ2n) is 5.66. The van der Waals surface area contributed by atoms with Crippen LogP contribution < -0.4 is 9.47 Å². The lowest BCUT2D eigenvalue weighted by Gasteiger charge is -2.13. The van der Waals surface area contributed by atoms with Crippen molar-refractivity contribution in [2.45, 2.75) is 20.0 Å². The summed E-state index contributed by atoms with van der Waals surface area (Å²) in [7, 11) is 0. The molecule has 0 spiro atoms. The molecule has 0 fully saturated rings. The van der Waals surface area contributed by atoms with Gasteiger partial charge in [0.15, 0.2) is 11.9 Å². The van der Waals surface area contributed by atoms with Crippen LogP contribution in [-0.4, -0.2) is 24.5 Å². The van der Waals surface area contributed by atoms with Gasteiger partial charge in [-0.2, -0.15) is 0 Å². The second kappa shape index (κ2) is 7.39. The molecule has 134 valence electrons. The maximum absolute atomic E-state index is 13.3. The number of benzene rings is 2. The maximum atomic E-state index is 13.3. The minimum Gasteiger partial charge on any atom is -0.479 e. The Kier molecular flexibility index (Phi) is 5.02. The molecule has 2 aromatic rings. The monoisotopic (exact) mass is 356 g/mol. The Morgan fingerprint density at radius 3 is 2.81 bits per heavy atom. The third-order valence-electron chi connectivity index (χ3n) is 3.72. The highest BCUT2D eigenvalue weighted by molar-refractivity contribution is 6.14. The highest BCUT2D eigenvalue weighted by atomic mass is 19.1. The van der Waals surface area contributed by atoms with Gasteiger partial charge in [-0.3, -0.25) is 4.79 Å². The van der Waals surface area contributed by atoms with Gasteiger partial charge >= 0.3 is 5.97 Å². The van der Waals surface area contributed by atoms with E-state index >= 15 is 0 Å². The van der Waals surface area contributed by atoms with Crippen molar-refractivity contribution in [1.82, 2.24) is 0 Å². The van der Waals surface area contributed by atoms with E-state index in [-0.39, 0.29) is 18.1 Å². The molecule has 0 saturated carbocycles. The first-order valence-corrected chi connectivity index (χ1v) is 8.15. The summed E-state index contributed by atoms with van der Waals surface area (Å²) in [6, 6.07) is 10.5. The molecule has 5 nitrogen and oxygen atoms in total. The Balaban J connectivity index is 1.79. The molecule has 6 heteroatoms. The van der Waals surface area contributed by atoms with E-state index < -0.39 is 17.9 Å². The van der Waals surface area contributed by atoms with Crippen LogP contribution in [0.2, 0.25) is 0 Å². The van der Waals surface area contributed by atoms with Gasteiger partial charge in [-0.05, 0) is 49.8 Å². The van der Waals surface area contributed by atoms with E-state index in [1.54, 1.807) is 38.1 Å². The zero-order chi connectivity index (χ0) is 18.7. The van der Waals surface area contributed by atoms with E-state index in [0.717, 1.165) is 0 Å².